The predicted molar refractivity (Wildman–Crippen MR) is 82.7 cm³/mol. The molecule has 3 N–H and O–H groups in total. The average molecular weight is 284 g/mol. The van der Waals surface area contributed by atoms with E-state index in [0.717, 1.165) is 32.0 Å². The van der Waals surface area contributed by atoms with Gasteiger partial charge >= 0.3 is 5.97 Å². The maximum atomic E-state index is 11.0. The fourth-order valence-electron chi connectivity index (χ4n) is 3.02. The van der Waals surface area contributed by atoms with E-state index >= 15 is 0 Å². The normalized spacial score (nSPS) is 24.9. The van der Waals surface area contributed by atoms with E-state index in [1.807, 2.05) is 0 Å². The van der Waals surface area contributed by atoms with Crippen molar-refractivity contribution in [2.75, 3.05) is 19.6 Å². The van der Waals surface area contributed by atoms with Crippen LogP contribution in [-0.2, 0) is 4.79 Å². The molecule has 0 amide bonds. The van der Waals surface area contributed by atoms with E-state index in [1.54, 1.807) is 6.92 Å². The van der Waals surface area contributed by atoms with Gasteiger partial charge in [-0.15, -0.1) is 0 Å². The van der Waals surface area contributed by atoms with Gasteiger partial charge in [0.1, 0.15) is 5.54 Å². The molecule has 4 heteroatoms. The minimum absolute atomic E-state index is 0.398. The van der Waals surface area contributed by atoms with Gasteiger partial charge in [0.15, 0.2) is 0 Å². The van der Waals surface area contributed by atoms with Crippen molar-refractivity contribution >= 4 is 5.97 Å². The van der Waals surface area contributed by atoms with Crippen LogP contribution in [0.1, 0.15) is 59.8 Å². The first kappa shape index (κ1) is 17.4. The molecule has 0 aromatic heterocycles. The summed E-state index contributed by atoms with van der Waals surface area (Å²) in [5, 5.41) is 9.01. The molecular formula is C16H32N2O2. The number of nitrogens with two attached hydrogens (primary N) is 1. The summed E-state index contributed by atoms with van der Waals surface area (Å²) in [5.41, 5.74) is 5.08. The van der Waals surface area contributed by atoms with E-state index in [0.29, 0.717) is 11.8 Å². The van der Waals surface area contributed by atoms with Gasteiger partial charge in [0.2, 0.25) is 0 Å². The molecule has 1 saturated heterocycles. The van der Waals surface area contributed by atoms with Crippen LogP contribution in [0.25, 0.3) is 0 Å². The Hall–Kier alpha value is -0.610. The molecule has 2 unspecified atom stereocenters. The number of aliphatic carboxylic acids is 1. The van der Waals surface area contributed by atoms with Crippen molar-refractivity contribution in [2.24, 2.45) is 17.1 Å². The van der Waals surface area contributed by atoms with Crippen molar-refractivity contribution in [3.05, 3.63) is 0 Å². The second-order valence-electron chi connectivity index (χ2n) is 7.66. The highest BCUT2D eigenvalue weighted by Gasteiger charge is 2.29. The minimum Gasteiger partial charge on any atom is -0.480 e. The number of nitrogens with zero attached hydrogens (tertiary/aromatic N) is 1. The Labute approximate surface area is 123 Å². The number of likely N-dealkylation sites (tertiary alicyclic amines) is 1. The predicted octanol–water partition coefficient (Wildman–Crippen LogP) is 2.72. The Balaban J connectivity index is 2.35. The molecule has 0 bridgehead atoms. The first-order chi connectivity index (χ1) is 9.13. The van der Waals surface area contributed by atoms with Crippen molar-refractivity contribution in [1.29, 1.82) is 0 Å². The maximum Gasteiger partial charge on any atom is 0.323 e. The van der Waals surface area contributed by atoms with Gasteiger partial charge < -0.3 is 15.7 Å². The minimum atomic E-state index is -1.08. The summed E-state index contributed by atoms with van der Waals surface area (Å²) in [6.07, 6.45) is 5.22. The lowest BCUT2D eigenvalue weighted by atomic mass is 9.77. The monoisotopic (exact) mass is 284 g/mol. The highest BCUT2D eigenvalue weighted by atomic mass is 16.4. The molecule has 1 heterocycles. The molecule has 1 aliphatic rings. The lowest BCUT2D eigenvalue weighted by Crippen LogP contribution is -2.45. The second kappa shape index (κ2) is 6.90. The summed E-state index contributed by atoms with van der Waals surface area (Å²) >= 11 is 0. The van der Waals surface area contributed by atoms with Crippen LogP contribution in [0.15, 0.2) is 0 Å². The first-order valence-corrected chi connectivity index (χ1v) is 7.87. The Morgan fingerprint density at radius 2 is 1.90 bits per heavy atom. The van der Waals surface area contributed by atoms with Crippen LogP contribution in [-0.4, -0.2) is 41.1 Å². The zero-order valence-electron chi connectivity index (χ0n) is 13.6. The van der Waals surface area contributed by atoms with Crippen LogP contribution in [0.4, 0.5) is 0 Å². The van der Waals surface area contributed by atoms with Crippen molar-refractivity contribution < 1.29 is 9.90 Å². The molecule has 118 valence electrons. The highest BCUT2D eigenvalue weighted by Crippen LogP contribution is 2.34. The second-order valence-corrected chi connectivity index (χ2v) is 7.66. The molecule has 20 heavy (non-hydrogen) atoms. The van der Waals surface area contributed by atoms with Gasteiger partial charge in [-0.05, 0) is 70.0 Å². The van der Waals surface area contributed by atoms with Crippen molar-refractivity contribution in [3.63, 3.8) is 0 Å². The Morgan fingerprint density at radius 1 is 1.25 bits per heavy atom. The summed E-state index contributed by atoms with van der Waals surface area (Å²) in [6.45, 7) is 11.8. The molecule has 4 nitrogen and oxygen atoms in total. The van der Waals surface area contributed by atoms with Crippen molar-refractivity contribution in [2.45, 2.75) is 65.3 Å². The summed E-state index contributed by atoms with van der Waals surface area (Å²) in [6, 6.07) is 0. The molecule has 0 saturated carbocycles. The van der Waals surface area contributed by atoms with Gasteiger partial charge in [-0.25, -0.2) is 0 Å². The summed E-state index contributed by atoms with van der Waals surface area (Å²) in [4.78, 5) is 13.4. The van der Waals surface area contributed by atoms with Gasteiger partial charge in [0.05, 0.1) is 0 Å². The topological polar surface area (TPSA) is 66.6 Å². The molecule has 0 radical (unpaired) electrons. The number of rotatable bonds is 5. The molecular weight excluding hydrogens is 252 g/mol. The van der Waals surface area contributed by atoms with E-state index in [2.05, 4.69) is 25.7 Å². The first-order valence-electron chi connectivity index (χ1n) is 7.87. The Kier molecular flexibility index (Phi) is 6.02. The van der Waals surface area contributed by atoms with Crippen LogP contribution in [0.3, 0.4) is 0 Å². The third-order valence-electron chi connectivity index (χ3n) is 4.70. The van der Waals surface area contributed by atoms with E-state index in [1.165, 1.54) is 19.3 Å². The summed E-state index contributed by atoms with van der Waals surface area (Å²) < 4.78 is 0. The van der Waals surface area contributed by atoms with E-state index in [9.17, 15) is 4.79 Å². The van der Waals surface area contributed by atoms with Crippen LogP contribution in [0, 0.1) is 11.3 Å². The van der Waals surface area contributed by atoms with Gasteiger partial charge in [-0.1, -0.05) is 20.8 Å². The number of carbonyl (C=O) groups is 1. The van der Waals surface area contributed by atoms with E-state index in [4.69, 9.17) is 10.8 Å². The van der Waals surface area contributed by atoms with Crippen LogP contribution >= 0.6 is 0 Å². The molecule has 0 aliphatic carbocycles. The maximum absolute atomic E-state index is 11.0. The molecule has 1 aliphatic heterocycles. The SMILES string of the molecule is CC(N)(CCCN1CCCC(C(C)(C)C)CC1)C(=O)O. The average Bonchev–Trinajstić information content (AvgIpc) is 2.53. The number of carboxylic acid groups (broad SMARTS) is 1. The van der Waals surface area contributed by atoms with Crippen LogP contribution in [0.2, 0.25) is 0 Å². The fraction of sp³-hybridized carbons (Fsp3) is 0.938. The number of hydrogen-bond donors (Lipinski definition) is 2. The highest BCUT2D eigenvalue weighted by molar-refractivity contribution is 5.77. The Morgan fingerprint density at radius 3 is 2.45 bits per heavy atom. The standard InChI is InChI=1S/C16H32N2O2/c1-15(2,3)13-7-5-10-18(12-8-13)11-6-9-16(4,17)14(19)20/h13H,5-12,17H2,1-4H3,(H,19,20). The van der Waals surface area contributed by atoms with Crippen molar-refractivity contribution in [1.82, 2.24) is 4.90 Å². The van der Waals surface area contributed by atoms with E-state index < -0.39 is 11.5 Å². The molecule has 0 aromatic carbocycles. The molecule has 1 fully saturated rings. The number of carboxylic acids is 1. The van der Waals surface area contributed by atoms with E-state index in [-0.39, 0.29) is 0 Å². The summed E-state index contributed by atoms with van der Waals surface area (Å²) in [5.74, 6) is -0.104. The smallest absolute Gasteiger partial charge is 0.323 e. The van der Waals surface area contributed by atoms with Crippen molar-refractivity contribution in [3.8, 4) is 0 Å². The Bertz CT molecular complexity index is 321. The molecule has 0 spiro atoms. The largest absolute Gasteiger partial charge is 0.480 e. The molecule has 1 rings (SSSR count). The molecule has 0 aromatic rings. The van der Waals surface area contributed by atoms with Gasteiger partial charge in [0.25, 0.3) is 0 Å². The quantitative estimate of drug-likeness (QED) is 0.814. The van der Waals surface area contributed by atoms with Gasteiger partial charge in [-0.2, -0.15) is 0 Å². The lowest BCUT2D eigenvalue weighted by molar-refractivity contribution is -0.142. The zero-order valence-corrected chi connectivity index (χ0v) is 13.6. The summed E-state index contributed by atoms with van der Waals surface area (Å²) in [7, 11) is 0. The van der Waals surface area contributed by atoms with Crippen LogP contribution in [0.5, 0.6) is 0 Å². The van der Waals surface area contributed by atoms with Gasteiger partial charge in [0, 0.05) is 0 Å². The molecule has 2 atom stereocenters. The third kappa shape index (κ3) is 5.41. The lowest BCUT2D eigenvalue weighted by Gasteiger charge is -2.30. The fourth-order valence-corrected chi connectivity index (χ4v) is 3.02. The zero-order chi connectivity index (χ0) is 15.4. The van der Waals surface area contributed by atoms with Gasteiger partial charge in [-0.3, -0.25) is 4.79 Å². The number of hydrogen-bond acceptors (Lipinski definition) is 3. The van der Waals surface area contributed by atoms with Crippen LogP contribution < -0.4 is 5.73 Å². The third-order valence-corrected chi connectivity index (χ3v) is 4.70.